The minimum Gasteiger partial charge on any atom is -0.483 e. The van der Waals surface area contributed by atoms with Gasteiger partial charge in [0.05, 0.1) is 5.56 Å². The van der Waals surface area contributed by atoms with E-state index in [0.29, 0.717) is 17.9 Å². The Morgan fingerprint density at radius 2 is 2.12 bits per heavy atom. The van der Waals surface area contributed by atoms with Crippen molar-refractivity contribution in [3.63, 3.8) is 0 Å². The first-order chi connectivity index (χ1) is 8.04. The molecule has 0 radical (unpaired) electrons. The van der Waals surface area contributed by atoms with E-state index in [9.17, 15) is 9.59 Å². The number of hydrogen-bond acceptors (Lipinski definition) is 3. The molecule has 0 aliphatic heterocycles. The lowest BCUT2D eigenvalue weighted by atomic mass is 10.1. The Morgan fingerprint density at radius 3 is 2.71 bits per heavy atom. The molecule has 0 bridgehead atoms. The van der Waals surface area contributed by atoms with Gasteiger partial charge in [0.1, 0.15) is 5.75 Å². The van der Waals surface area contributed by atoms with Crippen molar-refractivity contribution in [2.45, 2.75) is 13.8 Å². The van der Waals surface area contributed by atoms with Crippen LogP contribution in [-0.4, -0.2) is 24.8 Å². The molecule has 1 amide bonds. The van der Waals surface area contributed by atoms with Crippen LogP contribution < -0.4 is 10.1 Å². The molecule has 17 heavy (non-hydrogen) atoms. The first-order valence-corrected chi connectivity index (χ1v) is 6.04. The van der Waals surface area contributed by atoms with Gasteiger partial charge in [0.15, 0.2) is 12.4 Å². The van der Waals surface area contributed by atoms with Crippen LogP contribution >= 0.6 is 15.9 Å². The highest BCUT2D eigenvalue weighted by atomic mass is 79.9. The SMILES string of the molecule is CCNC(=O)COc1ccc(Br)cc1C(C)=O. The molecule has 0 spiro atoms. The van der Waals surface area contributed by atoms with Crippen molar-refractivity contribution < 1.29 is 14.3 Å². The lowest BCUT2D eigenvalue weighted by Gasteiger charge is -2.09. The third-order valence-electron chi connectivity index (χ3n) is 2.05. The summed E-state index contributed by atoms with van der Waals surface area (Å²) >= 11 is 3.28. The molecule has 0 saturated carbocycles. The van der Waals surface area contributed by atoms with E-state index in [1.165, 1.54) is 6.92 Å². The Bertz CT molecular complexity index is 432. The summed E-state index contributed by atoms with van der Waals surface area (Å²) in [5, 5.41) is 2.62. The molecule has 0 heterocycles. The third kappa shape index (κ3) is 4.19. The fraction of sp³-hybridized carbons (Fsp3) is 0.333. The van der Waals surface area contributed by atoms with Crippen molar-refractivity contribution in [2.75, 3.05) is 13.2 Å². The van der Waals surface area contributed by atoms with E-state index in [4.69, 9.17) is 4.74 Å². The topological polar surface area (TPSA) is 55.4 Å². The molecule has 0 aliphatic carbocycles. The number of amides is 1. The number of likely N-dealkylation sites (N-methyl/N-ethyl adjacent to an activating group) is 1. The number of ether oxygens (including phenoxy) is 1. The lowest BCUT2D eigenvalue weighted by molar-refractivity contribution is -0.122. The summed E-state index contributed by atoms with van der Waals surface area (Å²) in [6.07, 6.45) is 0. The number of hydrogen-bond donors (Lipinski definition) is 1. The van der Waals surface area contributed by atoms with Gasteiger partial charge in [-0.15, -0.1) is 0 Å². The van der Waals surface area contributed by atoms with Crippen LogP contribution in [0.1, 0.15) is 24.2 Å². The minimum absolute atomic E-state index is 0.0875. The number of rotatable bonds is 5. The Morgan fingerprint density at radius 1 is 1.41 bits per heavy atom. The van der Waals surface area contributed by atoms with Gasteiger partial charge >= 0.3 is 0 Å². The van der Waals surface area contributed by atoms with Gasteiger partial charge in [-0.1, -0.05) is 15.9 Å². The summed E-state index contributed by atoms with van der Waals surface area (Å²) < 4.78 is 6.11. The molecule has 5 heteroatoms. The normalized spacial score (nSPS) is 9.82. The molecular weight excluding hydrogens is 286 g/mol. The van der Waals surface area contributed by atoms with Crippen molar-refractivity contribution in [1.82, 2.24) is 5.32 Å². The van der Waals surface area contributed by atoms with Crippen LogP contribution in [0.4, 0.5) is 0 Å². The molecule has 0 saturated heterocycles. The number of carbonyl (C=O) groups excluding carboxylic acids is 2. The van der Waals surface area contributed by atoms with Crippen LogP contribution in [-0.2, 0) is 4.79 Å². The number of Topliss-reactive ketones (excluding diaryl/α,β-unsaturated/α-hetero) is 1. The Labute approximate surface area is 108 Å². The maximum absolute atomic E-state index is 11.4. The highest BCUT2D eigenvalue weighted by Crippen LogP contribution is 2.23. The minimum atomic E-state index is -0.204. The van der Waals surface area contributed by atoms with E-state index in [2.05, 4.69) is 21.2 Å². The fourth-order valence-electron chi connectivity index (χ4n) is 1.29. The largest absolute Gasteiger partial charge is 0.483 e. The molecule has 1 rings (SSSR count). The zero-order valence-corrected chi connectivity index (χ0v) is 11.3. The second kappa shape index (κ2) is 6.39. The molecule has 0 aliphatic rings. The Hall–Kier alpha value is -1.36. The predicted octanol–water partition coefficient (Wildman–Crippen LogP) is 2.17. The highest BCUT2D eigenvalue weighted by Gasteiger charge is 2.10. The molecule has 4 nitrogen and oxygen atoms in total. The molecule has 0 aromatic heterocycles. The molecule has 0 fully saturated rings. The Kier molecular flexibility index (Phi) is 5.15. The average molecular weight is 300 g/mol. The summed E-state index contributed by atoms with van der Waals surface area (Å²) in [5.74, 6) is 0.120. The number of halogens is 1. The number of benzene rings is 1. The van der Waals surface area contributed by atoms with Gasteiger partial charge in [-0.2, -0.15) is 0 Å². The number of nitrogens with one attached hydrogen (secondary N) is 1. The van der Waals surface area contributed by atoms with Crippen molar-refractivity contribution >= 4 is 27.6 Å². The van der Waals surface area contributed by atoms with E-state index < -0.39 is 0 Å². The van der Waals surface area contributed by atoms with Gasteiger partial charge in [0.2, 0.25) is 0 Å². The van der Waals surface area contributed by atoms with Crippen LogP contribution in [0, 0.1) is 0 Å². The summed E-state index contributed by atoms with van der Waals surface area (Å²) in [6.45, 7) is 3.76. The summed E-state index contributed by atoms with van der Waals surface area (Å²) in [7, 11) is 0. The molecule has 1 N–H and O–H groups in total. The van der Waals surface area contributed by atoms with Gasteiger partial charge in [0.25, 0.3) is 5.91 Å². The number of carbonyl (C=O) groups is 2. The van der Waals surface area contributed by atoms with Gasteiger partial charge in [-0.3, -0.25) is 9.59 Å². The quantitative estimate of drug-likeness (QED) is 0.848. The maximum Gasteiger partial charge on any atom is 0.257 e. The second-order valence-electron chi connectivity index (χ2n) is 3.44. The molecule has 92 valence electrons. The van der Waals surface area contributed by atoms with Crippen LogP contribution in [0.25, 0.3) is 0 Å². The number of ketones is 1. The van der Waals surface area contributed by atoms with E-state index in [0.717, 1.165) is 4.47 Å². The molecule has 1 aromatic rings. The first kappa shape index (κ1) is 13.7. The van der Waals surface area contributed by atoms with Gasteiger partial charge < -0.3 is 10.1 Å². The summed E-state index contributed by atoms with van der Waals surface area (Å²) in [5.41, 5.74) is 0.462. The fourth-order valence-corrected chi connectivity index (χ4v) is 1.66. The predicted molar refractivity (Wildman–Crippen MR) is 68.3 cm³/mol. The van der Waals surface area contributed by atoms with Crippen molar-refractivity contribution in [3.8, 4) is 5.75 Å². The first-order valence-electron chi connectivity index (χ1n) is 5.24. The molecular formula is C12H14BrNO3. The highest BCUT2D eigenvalue weighted by molar-refractivity contribution is 9.10. The van der Waals surface area contributed by atoms with Crippen LogP contribution in [0.3, 0.4) is 0 Å². The zero-order valence-electron chi connectivity index (χ0n) is 9.75. The average Bonchev–Trinajstić information content (AvgIpc) is 2.27. The van der Waals surface area contributed by atoms with E-state index in [-0.39, 0.29) is 18.3 Å². The summed E-state index contributed by atoms with van der Waals surface area (Å²) in [6, 6.07) is 5.11. The van der Waals surface area contributed by atoms with Crippen molar-refractivity contribution in [2.24, 2.45) is 0 Å². The Balaban J connectivity index is 2.77. The molecule has 1 aromatic carbocycles. The van der Waals surface area contributed by atoms with Gasteiger partial charge in [-0.25, -0.2) is 0 Å². The van der Waals surface area contributed by atoms with Crippen molar-refractivity contribution in [1.29, 1.82) is 0 Å². The van der Waals surface area contributed by atoms with E-state index in [1.807, 2.05) is 6.92 Å². The second-order valence-corrected chi connectivity index (χ2v) is 4.35. The van der Waals surface area contributed by atoms with Crippen molar-refractivity contribution in [3.05, 3.63) is 28.2 Å². The van der Waals surface area contributed by atoms with Gasteiger partial charge in [0, 0.05) is 11.0 Å². The van der Waals surface area contributed by atoms with E-state index >= 15 is 0 Å². The lowest BCUT2D eigenvalue weighted by Crippen LogP contribution is -2.28. The van der Waals surface area contributed by atoms with Crippen LogP contribution in [0.5, 0.6) is 5.75 Å². The summed E-state index contributed by atoms with van der Waals surface area (Å²) in [4.78, 5) is 22.6. The van der Waals surface area contributed by atoms with E-state index in [1.54, 1.807) is 18.2 Å². The zero-order chi connectivity index (χ0) is 12.8. The third-order valence-corrected chi connectivity index (χ3v) is 2.55. The van der Waals surface area contributed by atoms with Crippen LogP contribution in [0.2, 0.25) is 0 Å². The monoisotopic (exact) mass is 299 g/mol. The van der Waals surface area contributed by atoms with Crippen LogP contribution in [0.15, 0.2) is 22.7 Å². The maximum atomic E-state index is 11.4. The molecule has 0 atom stereocenters. The molecule has 0 unspecified atom stereocenters. The standard InChI is InChI=1S/C12H14BrNO3/c1-3-14-12(16)7-17-11-5-4-9(13)6-10(11)8(2)15/h4-6H,3,7H2,1-2H3,(H,14,16). The van der Waals surface area contributed by atoms with Gasteiger partial charge in [-0.05, 0) is 32.0 Å². The smallest absolute Gasteiger partial charge is 0.257 e.